The van der Waals surface area contributed by atoms with Gasteiger partial charge in [0.2, 0.25) is 0 Å². The summed E-state index contributed by atoms with van der Waals surface area (Å²) in [6.07, 6.45) is -0.563. The molecule has 0 aromatic rings. The van der Waals surface area contributed by atoms with Gasteiger partial charge in [-0.15, -0.1) is 0 Å². The van der Waals surface area contributed by atoms with E-state index in [4.69, 9.17) is 10.3 Å². The van der Waals surface area contributed by atoms with Gasteiger partial charge in [0.15, 0.2) is 8.03 Å². The summed E-state index contributed by atoms with van der Waals surface area (Å²) in [5.74, 6) is 0. The van der Waals surface area contributed by atoms with Gasteiger partial charge in [-0.25, -0.2) is 0 Å². The van der Waals surface area contributed by atoms with Crippen LogP contribution in [0, 0.1) is 0 Å². The number of thiol groups is 1. The Morgan fingerprint density at radius 2 is 2.10 bits per heavy atom. The van der Waals surface area contributed by atoms with Crippen LogP contribution in [0.25, 0.3) is 0 Å². The maximum Gasteiger partial charge on any atom is 0.190 e. The monoisotopic (exact) mass is 183 g/mol. The Labute approximate surface area is 67.6 Å². The third-order valence-corrected chi connectivity index (χ3v) is 1.83. The summed E-state index contributed by atoms with van der Waals surface area (Å²) in [7, 11) is -1.94. The molecule has 0 radical (unpaired) electrons. The van der Waals surface area contributed by atoms with E-state index in [9.17, 15) is 4.57 Å². The predicted octanol–water partition coefficient (Wildman–Crippen LogP) is 1.10. The van der Waals surface area contributed by atoms with Gasteiger partial charge >= 0.3 is 0 Å². The van der Waals surface area contributed by atoms with Crippen LogP contribution in [0.2, 0.25) is 0 Å². The number of hydrogen-bond acceptors (Lipinski definition) is 4. The molecule has 0 fully saturated rings. The zero-order valence-corrected chi connectivity index (χ0v) is 8.31. The van der Waals surface area contributed by atoms with E-state index in [2.05, 4.69) is 12.6 Å². The van der Waals surface area contributed by atoms with Crippen LogP contribution in [0.3, 0.4) is 0 Å². The summed E-state index contributed by atoms with van der Waals surface area (Å²) in [6.45, 7) is 5.13. The summed E-state index contributed by atoms with van der Waals surface area (Å²) in [6, 6.07) is 0. The second-order valence-corrected chi connectivity index (χ2v) is 5.06. The second-order valence-electron chi connectivity index (χ2n) is 2.68. The predicted molar refractivity (Wildman–Crippen MR) is 47.1 cm³/mol. The first-order valence-electron chi connectivity index (χ1n) is 2.99. The lowest BCUT2D eigenvalue weighted by molar-refractivity contribution is 0.190. The van der Waals surface area contributed by atoms with E-state index >= 15 is 0 Å². The van der Waals surface area contributed by atoms with Gasteiger partial charge in [0.1, 0.15) is 6.23 Å². The van der Waals surface area contributed by atoms with Crippen LogP contribution in [0.1, 0.15) is 13.8 Å². The normalized spacial score (nSPS) is 18.5. The van der Waals surface area contributed by atoms with Crippen LogP contribution in [0.4, 0.5) is 0 Å². The molecule has 10 heavy (non-hydrogen) atoms. The van der Waals surface area contributed by atoms with Crippen LogP contribution >= 0.6 is 20.7 Å². The Morgan fingerprint density at radius 3 is 2.20 bits per heavy atom. The van der Waals surface area contributed by atoms with E-state index in [1.165, 1.54) is 6.66 Å². The molecular formula is C5H14NO2PS. The molecule has 0 aliphatic carbocycles. The molecule has 0 aliphatic rings. The van der Waals surface area contributed by atoms with E-state index < -0.39 is 19.0 Å². The Balaban J connectivity index is 3.85. The molecule has 62 valence electrons. The fourth-order valence-electron chi connectivity index (χ4n) is 0.323. The minimum Gasteiger partial charge on any atom is -0.310 e. The molecule has 0 spiro atoms. The molecule has 2 N–H and O–H groups in total. The molecule has 0 aliphatic heterocycles. The van der Waals surface area contributed by atoms with Gasteiger partial charge in [-0.3, -0.25) is 4.57 Å². The second kappa shape index (κ2) is 3.77. The van der Waals surface area contributed by atoms with Crippen molar-refractivity contribution in [3.8, 4) is 0 Å². The van der Waals surface area contributed by atoms with Crippen molar-refractivity contribution < 1.29 is 9.09 Å². The van der Waals surface area contributed by atoms with Gasteiger partial charge in [0, 0.05) is 11.4 Å². The van der Waals surface area contributed by atoms with E-state index in [1.54, 1.807) is 0 Å². The van der Waals surface area contributed by atoms with Gasteiger partial charge in [-0.2, -0.15) is 12.6 Å². The van der Waals surface area contributed by atoms with Crippen LogP contribution in [-0.2, 0) is 9.09 Å². The Bertz CT molecular complexity index is 134. The molecule has 0 heterocycles. The molecule has 5 heteroatoms. The SMILES string of the molecule is C[PH](=O)OC(N)C(C)(C)S. The molecular weight excluding hydrogens is 169 g/mol. The molecule has 0 saturated carbocycles. The first kappa shape index (κ1) is 10.5. The molecule has 3 nitrogen and oxygen atoms in total. The average molecular weight is 183 g/mol. The molecule has 0 bridgehead atoms. The van der Waals surface area contributed by atoms with Gasteiger partial charge in [0.25, 0.3) is 0 Å². The smallest absolute Gasteiger partial charge is 0.190 e. The Kier molecular flexibility index (Phi) is 3.95. The summed E-state index contributed by atoms with van der Waals surface area (Å²) in [5.41, 5.74) is 5.48. The number of hydrogen-bond donors (Lipinski definition) is 2. The van der Waals surface area contributed by atoms with Crippen molar-refractivity contribution in [2.45, 2.75) is 24.8 Å². The molecule has 2 atom stereocenters. The summed E-state index contributed by atoms with van der Waals surface area (Å²) < 4.78 is 15.0. The van der Waals surface area contributed by atoms with Crippen LogP contribution in [0.15, 0.2) is 0 Å². The van der Waals surface area contributed by atoms with Crippen LogP contribution in [-0.4, -0.2) is 17.6 Å². The average Bonchev–Trinajstić information content (AvgIpc) is 1.60. The zero-order chi connectivity index (χ0) is 8.36. The summed E-state index contributed by atoms with van der Waals surface area (Å²) in [5, 5.41) is 0. The summed E-state index contributed by atoms with van der Waals surface area (Å²) in [4.78, 5) is 0. The highest BCUT2D eigenvalue weighted by molar-refractivity contribution is 7.81. The highest BCUT2D eigenvalue weighted by Gasteiger charge is 2.23. The minimum absolute atomic E-state index is 0.434. The third-order valence-electron chi connectivity index (χ3n) is 0.989. The lowest BCUT2D eigenvalue weighted by atomic mass is 10.2. The molecule has 0 saturated heterocycles. The number of rotatable bonds is 3. The van der Waals surface area contributed by atoms with Crippen LogP contribution in [0.5, 0.6) is 0 Å². The highest BCUT2D eigenvalue weighted by Crippen LogP contribution is 2.25. The number of nitrogens with two attached hydrogens (primary N) is 1. The van der Waals surface area contributed by atoms with Crippen molar-refractivity contribution in [2.75, 3.05) is 6.66 Å². The molecule has 0 aromatic heterocycles. The van der Waals surface area contributed by atoms with Crippen molar-refractivity contribution in [2.24, 2.45) is 5.73 Å². The first-order valence-corrected chi connectivity index (χ1v) is 5.25. The van der Waals surface area contributed by atoms with Crippen molar-refractivity contribution in [3.63, 3.8) is 0 Å². The van der Waals surface area contributed by atoms with Gasteiger partial charge < -0.3 is 10.3 Å². The quantitative estimate of drug-likeness (QED) is 0.391. The van der Waals surface area contributed by atoms with Gasteiger partial charge in [-0.05, 0) is 13.8 Å². The maximum atomic E-state index is 10.5. The summed E-state index contributed by atoms with van der Waals surface area (Å²) >= 11 is 4.15. The Morgan fingerprint density at radius 1 is 1.70 bits per heavy atom. The van der Waals surface area contributed by atoms with Crippen molar-refractivity contribution in [1.82, 2.24) is 0 Å². The van der Waals surface area contributed by atoms with E-state index in [0.29, 0.717) is 0 Å². The highest BCUT2D eigenvalue weighted by atomic mass is 32.1. The largest absolute Gasteiger partial charge is 0.310 e. The van der Waals surface area contributed by atoms with E-state index in [1.807, 2.05) is 13.8 Å². The van der Waals surface area contributed by atoms with Crippen LogP contribution < -0.4 is 5.73 Å². The van der Waals surface area contributed by atoms with Crippen molar-refractivity contribution >= 4 is 20.7 Å². The van der Waals surface area contributed by atoms with E-state index in [-0.39, 0.29) is 0 Å². The minimum atomic E-state index is -1.94. The molecule has 2 unspecified atom stereocenters. The van der Waals surface area contributed by atoms with Gasteiger partial charge in [0.05, 0.1) is 0 Å². The van der Waals surface area contributed by atoms with Gasteiger partial charge in [-0.1, -0.05) is 0 Å². The standard InChI is InChI=1S/C5H14NO2PS/c1-5(2,10)4(6)8-9(3)7/h4,9-10H,6H2,1-3H3. The molecule has 0 rings (SSSR count). The van der Waals surface area contributed by atoms with E-state index in [0.717, 1.165) is 0 Å². The van der Waals surface area contributed by atoms with Crippen molar-refractivity contribution in [3.05, 3.63) is 0 Å². The fourth-order valence-corrected chi connectivity index (χ4v) is 1.13. The lowest BCUT2D eigenvalue weighted by Crippen LogP contribution is -2.39. The topological polar surface area (TPSA) is 52.3 Å². The third kappa shape index (κ3) is 4.34. The maximum absolute atomic E-state index is 10.5. The van der Waals surface area contributed by atoms with Crippen molar-refractivity contribution in [1.29, 1.82) is 0 Å². The lowest BCUT2D eigenvalue weighted by Gasteiger charge is -2.24. The molecule has 0 aromatic carbocycles. The zero-order valence-electron chi connectivity index (χ0n) is 6.42. The first-order chi connectivity index (χ1) is 4.34. The molecule has 0 amide bonds. The fraction of sp³-hybridized carbons (Fsp3) is 1.00. The Hall–Kier alpha value is 0.500.